The van der Waals surface area contributed by atoms with Crippen molar-refractivity contribution < 1.29 is 4.79 Å². The molecule has 0 heterocycles. The van der Waals surface area contributed by atoms with Crippen LogP contribution in [0.3, 0.4) is 0 Å². The van der Waals surface area contributed by atoms with Crippen molar-refractivity contribution in [3.05, 3.63) is 35.9 Å². The Hall–Kier alpha value is -1.35. The lowest BCUT2D eigenvalue weighted by Crippen LogP contribution is -2.45. The monoisotopic (exact) mass is 246 g/mol. The van der Waals surface area contributed by atoms with Crippen LogP contribution < -0.4 is 5.73 Å². The number of likely N-dealkylation sites (N-methyl/N-ethyl adjacent to an activating group) is 1. The predicted molar refractivity (Wildman–Crippen MR) is 73.1 cm³/mol. The molecule has 0 radical (unpaired) electrons. The van der Waals surface area contributed by atoms with E-state index in [0.29, 0.717) is 6.42 Å². The predicted octanol–water partition coefficient (Wildman–Crippen LogP) is 1.81. The minimum Gasteiger partial charge on any atom is -0.341 e. The maximum Gasteiger partial charge on any atom is 0.239 e. The van der Waals surface area contributed by atoms with Gasteiger partial charge in [0.25, 0.3) is 0 Å². The Morgan fingerprint density at radius 3 is 2.61 bits per heavy atom. The van der Waals surface area contributed by atoms with Crippen LogP contribution >= 0.6 is 0 Å². The fourth-order valence-corrected chi connectivity index (χ4v) is 2.18. The molecule has 2 rings (SSSR count). The van der Waals surface area contributed by atoms with Gasteiger partial charge in [0.2, 0.25) is 5.91 Å². The van der Waals surface area contributed by atoms with E-state index in [4.69, 9.17) is 5.73 Å². The summed E-state index contributed by atoms with van der Waals surface area (Å²) in [6, 6.07) is 9.56. The van der Waals surface area contributed by atoms with Crippen molar-refractivity contribution in [2.24, 2.45) is 11.7 Å². The van der Waals surface area contributed by atoms with Gasteiger partial charge in [0.15, 0.2) is 0 Å². The van der Waals surface area contributed by atoms with Gasteiger partial charge in [-0.1, -0.05) is 30.3 Å². The Bertz CT molecular complexity index is 387. The summed E-state index contributed by atoms with van der Waals surface area (Å²) in [6.07, 6.45) is 3.15. The lowest BCUT2D eigenvalue weighted by molar-refractivity contribution is -0.132. The largest absolute Gasteiger partial charge is 0.341 e. The summed E-state index contributed by atoms with van der Waals surface area (Å²) in [5, 5.41) is 0. The second-order valence-corrected chi connectivity index (χ2v) is 5.12. The lowest BCUT2D eigenvalue weighted by Gasteiger charge is -2.24. The molecule has 98 valence electrons. The number of nitrogens with zero attached hydrogens (tertiary/aromatic N) is 1. The molecule has 1 unspecified atom stereocenters. The minimum atomic E-state index is -0.411. The highest BCUT2D eigenvalue weighted by molar-refractivity contribution is 5.82. The number of hydrogen-bond donors (Lipinski definition) is 1. The third kappa shape index (κ3) is 3.57. The van der Waals surface area contributed by atoms with Crippen molar-refractivity contribution in [2.75, 3.05) is 13.1 Å². The molecule has 18 heavy (non-hydrogen) atoms. The smallest absolute Gasteiger partial charge is 0.239 e. The number of amides is 1. The lowest BCUT2D eigenvalue weighted by atomic mass is 10.1. The molecule has 0 bridgehead atoms. The van der Waals surface area contributed by atoms with Gasteiger partial charge >= 0.3 is 0 Å². The highest BCUT2D eigenvalue weighted by Gasteiger charge is 2.28. The molecule has 1 aromatic carbocycles. The van der Waals surface area contributed by atoms with Crippen LogP contribution in [0, 0.1) is 5.92 Å². The minimum absolute atomic E-state index is 0.0910. The first-order valence-electron chi connectivity index (χ1n) is 6.79. The first-order valence-corrected chi connectivity index (χ1v) is 6.79. The van der Waals surface area contributed by atoms with Crippen LogP contribution in [0.25, 0.3) is 0 Å². The van der Waals surface area contributed by atoms with Crippen LogP contribution in [0.1, 0.15) is 25.3 Å². The van der Waals surface area contributed by atoms with Crippen molar-refractivity contribution in [2.45, 2.75) is 32.2 Å². The van der Waals surface area contributed by atoms with Crippen molar-refractivity contribution in [1.29, 1.82) is 0 Å². The molecule has 0 spiro atoms. The Balaban J connectivity index is 1.90. The molecule has 1 amide bonds. The van der Waals surface area contributed by atoms with Crippen LogP contribution in [0.15, 0.2) is 30.3 Å². The van der Waals surface area contributed by atoms with Gasteiger partial charge in [-0.15, -0.1) is 0 Å². The van der Waals surface area contributed by atoms with Crippen LogP contribution in [0.2, 0.25) is 0 Å². The summed E-state index contributed by atoms with van der Waals surface area (Å²) in [7, 11) is 0. The molecule has 0 aromatic heterocycles. The average molecular weight is 246 g/mol. The highest BCUT2D eigenvalue weighted by Crippen LogP contribution is 2.29. The summed E-state index contributed by atoms with van der Waals surface area (Å²) in [5.74, 6) is 0.811. The first kappa shape index (κ1) is 13.1. The first-order chi connectivity index (χ1) is 8.70. The van der Waals surface area contributed by atoms with Crippen LogP contribution in [0.5, 0.6) is 0 Å². The second-order valence-electron chi connectivity index (χ2n) is 5.12. The quantitative estimate of drug-likeness (QED) is 0.832. The Morgan fingerprint density at radius 2 is 2.06 bits per heavy atom. The van der Waals surface area contributed by atoms with Gasteiger partial charge in [-0.3, -0.25) is 4.79 Å². The molecule has 1 aromatic rings. The van der Waals surface area contributed by atoms with E-state index in [1.165, 1.54) is 12.8 Å². The van der Waals surface area contributed by atoms with E-state index in [0.717, 1.165) is 24.6 Å². The standard InChI is InChI=1S/C15H22N2O/c1-2-17(11-13-8-9-13)15(18)14(16)10-12-6-4-3-5-7-12/h3-7,13-14H,2,8-11,16H2,1H3. The van der Waals surface area contributed by atoms with Crippen LogP contribution in [-0.2, 0) is 11.2 Å². The number of hydrogen-bond acceptors (Lipinski definition) is 2. The van der Waals surface area contributed by atoms with Crippen molar-refractivity contribution in [1.82, 2.24) is 4.90 Å². The zero-order valence-corrected chi connectivity index (χ0v) is 11.0. The maximum atomic E-state index is 12.2. The molecule has 1 aliphatic carbocycles. The number of carbonyl (C=O) groups is 1. The van der Waals surface area contributed by atoms with Gasteiger partial charge in [-0.25, -0.2) is 0 Å². The van der Waals surface area contributed by atoms with E-state index in [1.54, 1.807) is 0 Å². The van der Waals surface area contributed by atoms with Crippen molar-refractivity contribution in [3.63, 3.8) is 0 Å². The van der Waals surface area contributed by atoms with E-state index in [-0.39, 0.29) is 5.91 Å². The third-order valence-corrected chi connectivity index (χ3v) is 3.48. The van der Waals surface area contributed by atoms with E-state index in [1.807, 2.05) is 42.2 Å². The molecule has 3 heteroatoms. The fourth-order valence-electron chi connectivity index (χ4n) is 2.18. The summed E-state index contributed by atoms with van der Waals surface area (Å²) in [4.78, 5) is 14.2. The highest BCUT2D eigenvalue weighted by atomic mass is 16.2. The van der Waals surface area contributed by atoms with Crippen LogP contribution in [-0.4, -0.2) is 29.9 Å². The molecule has 0 saturated heterocycles. The molecular weight excluding hydrogens is 224 g/mol. The number of rotatable bonds is 6. The van der Waals surface area contributed by atoms with Gasteiger partial charge < -0.3 is 10.6 Å². The topological polar surface area (TPSA) is 46.3 Å². The van der Waals surface area contributed by atoms with Crippen LogP contribution in [0.4, 0.5) is 0 Å². The Morgan fingerprint density at radius 1 is 1.39 bits per heavy atom. The van der Waals surface area contributed by atoms with E-state index >= 15 is 0 Å². The van der Waals surface area contributed by atoms with Gasteiger partial charge in [0, 0.05) is 13.1 Å². The molecule has 0 aliphatic heterocycles. The summed E-state index contributed by atoms with van der Waals surface area (Å²) < 4.78 is 0. The average Bonchev–Trinajstić information content (AvgIpc) is 3.20. The van der Waals surface area contributed by atoms with Gasteiger partial charge in [0.05, 0.1) is 6.04 Å². The summed E-state index contributed by atoms with van der Waals surface area (Å²) in [5.41, 5.74) is 7.16. The maximum absolute atomic E-state index is 12.2. The Labute approximate surface area is 109 Å². The normalized spacial score (nSPS) is 16.3. The summed E-state index contributed by atoms with van der Waals surface area (Å²) in [6.45, 7) is 3.67. The van der Waals surface area contributed by atoms with Crippen molar-refractivity contribution >= 4 is 5.91 Å². The SMILES string of the molecule is CCN(CC1CC1)C(=O)C(N)Cc1ccccc1. The zero-order chi connectivity index (χ0) is 13.0. The molecule has 3 nitrogen and oxygen atoms in total. The van der Waals surface area contributed by atoms with Gasteiger partial charge in [0.1, 0.15) is 0 Å². The van der Waals surface area contributed by atoms with E-state index in [2.05, 4.69) is 0 Å². The van der Waals surface area contributed by atoms with Gasteiger partial charge in [-0.2, -0.15) is 0 Å². The Kier molecular flexibility index (Phi) is 4.37. The fraction of sp³-hybridized carbons (Fsp3) is 0.533. The number of carbonyl (C=O) groups excluding carboxylic acids is 1. The zero-order valence-electron chi connectivity index (χ0n) is 11.0. The number of nitrogens with two attached hydrogens (primary N) is 1. The van der Waals surface area contributed by atoms with E-state index < -0.39 is 6.04 Å². The molecular formula is C15H22N2O. The molecule has 1 fully saturated rings. The number of benzene rings is 1. The third-order valence-electron chi connectivity index (χ3n) is 3.48. The molecule has 1 aliphatic rings. The molecule has 1 atom stereocenters. The second kappa shape index (κ2) is 6.01. The van der Waals surface area contributed by atoms with Gasteiger partial charge in [-0.05, 0) is 37.7 Å². The molecule has 1 saturated carbocycles. The van der Waals surface area contributed by atoms with E-state index in [9.17, 15) is 4.79 Å². The summed E-state index contributed by atoms with van der Waals surface area (Å²) >= 11 is 0. The molecule has 2 N–H and O–H groups in total. The van der Waals surface area contributed by atoms with Crippen molar-refractivity contribution in [3.8, 4) is 0 Å².